The Balaban J connectivity index is 2.11. The van der Waals surface area contributed by atoms with Crippen molar-refractivity contribution >= 4 is 11.5 Å². The molecule has 1 amide bonds. The number of hydrogen-bond donors (Lipinski definition) is 0. The van der Waals surface area contributed by atoms with Gasteiger partial charge >= 0.3 is 0 Å². The second-order valence-corrected chi connectivity index (χ2v) is 6.13. The predicted molar refractivity (Wildman–Crippen MR) is 98.6 cm³/mol. The number of ether oxygens (including phenoxy) is 1. The van der Waals surface area contributed by atoms with Gasteiger partial charge in [0.05, 0.1) is 6.54 Å². The van der Waals surface area contributed by atoms with Gasteiger partial charge < -0.3 is 14.5 Å². The fraction of sp³-hybridized carbons (Fsp3) is 0.550. The molecule has 132 valence electrons. The van der Waals surface area contributed by atoms with Crippen molar-refractivity contribution in [2.45, 2.75) is 33.6 Å². The molecule has 0 saturated carbocycles. The summed E-state index contributed by atoms with van der Waals surface area (Å²) >= 11 is 0. The van der Waals surface area contributed by atoms with Gasteiger partial charge in [0, 0.05) is 18.7 Å². The lowest BCUT2D eigenvalue weighted by Gasteiger charge is -2.19. The summed E-state index contributed by atoms with van der Waals surface area (Å²) < 4.78 is 5.97. The van der Waals surface area contributed by atoms with Gasteiger partial charge in [-0.15, -0.1) is 0 Å². The Kier molecular flexibility index (Phi) is 7.32. The maximum Gasteiger partial charge on any atom is 0.289 e. The van der Waals surface area contributed by atoms with Crippen LogP contribution in [0.5, 0.6) is 0 Å². The fourth-order valence-corrected chi connectivity index (χ4v) is 2.96. The van der Waals surface area contributed by atoms with Gasteiger partial charge in [0.25, 0.3) is 5.91 Å². The highest BCUT2D eigenvalue weighted by atomic mass is 16.5. The van der Waals surface area contributed by atoms with Crippen molar-refractivity contribution in [3.05, 3.63) is 41.7 Å². The lowest BCUT2D eigenvalue weighted by atomic mass is 10.1. The molecule has 0 fully saturated rings. The van der Waals surface area contributed by atoms with Gasteiger partial charge in [-0.3, -0.25) is 4.79 Å². The van der Waals surface area contributed by atoms with Crippen LogP contribution in [0.2, 0.25) is 0 Å². The van der Waals surface area contributed by atoms with E-state index in [0.29, 0.717) is 18.9 Å². The molecule has 4 heteroatoms. The van der Waals surface area contributed by atoms with Gasteiger partial charge in [-0.25, -0.2) is 0 Å². The van der Waals surface area contributed by atoms with Crippen LogP contribution in [0, 0.1) is 0 Å². The van der Waals surface area contributed by atoms with Crippen LogP contribution in [-0.2, 0) is 9.53 Å². The Labute approximate surface area is 146 Å². The van der Waals surface area contributed by atoms with Gasteiger partial charge in [0.2, 0.25) is 0 Å². The second kappa shape index (κ2) is 9.48. The Morgan fingerprint density at radius 1 is 1.12 bits per heavy atom. The number of likely N-dealkylation sites (N-methyl/N-ethyl adjacent to an activating group) is 1. The first-order valence-corrected chi connectivity index (χ1v) is 9.14. The molecule has 4 nitrogen and oxygen atoms in total. The predicted octanol–water partition coefficient (Wildman–Crippen LogP) is 3.40. The summed E-state index contributed by atoms with van der Waals surface area (Å²) in [7, 11) is 0. The monoisotopic (exact) mass is 330 g/mol. The van der Waals surface area contributed by atoms with Crippen LogP contribution in [0.4, 0.5) is 0 Å². The fourth-order valence-electron chi connectivity index (χ4n) is 2.96. The third-order valence-corrected chi connectivity index (χ3v) is 4.56. The third-order valence-electron chi connectivity index (χ3n) is 4.56. The normalized spacial score (nSPS) is 14.8. The lowest BCUT2D eigenvalue weighted by Crippen LogP contribution is -2.30. The number of carbonyl (C=O) groups excluding carboxylic acids is 1. The number of hydrogen-bond acceptors (Lipinski definition) is 3. The quantitative estimate of drug-likeness (QED) is 0.659. The van der Waals surface area contributed by atoms with Crippen LogP contribution < -0.4 is 0 Å². The zero-order chi connectivity index (χ0) is 17.4. The van der Waals surface area contributed by atoms with E-state index >= 15 is 0 Å². The average Bonchev–Trinajstić information content (AvgIpc) is 2.94. The Morgan fingerprint density at radius 2 is 1.83 bits per heavy atom. The third kappa shape index (κ3) is 4.60. The minimum absolute atomic E-state index is 0.0434. The molecule has 1 heterocycles. The van der Waals surface area contributed by atoms with E-state index in [0.717, 1.165) is 50.2 Å². The summed E-state index contributed by atoms with van der Waals surface area (Å²) in [5, 5.41) is 0. The van der Waals surface area contributed by atoms with Crippen LogP contribution in [-0.4, -0.2) is 55.0 Å². The van der Waals surface area contributed by atoms with E-state index in [1.54, 1.807) is 0 Å². The summed E-state index contributed by atoms with van der Waals surface area (Å²) in [5.41, 5.74) is 2.11. The largest absolute Gasteiger partial charge is 0.486 e. The molecule has 0 aromatic heterocycles. The number of nitrogens with zero attached hydrogens (tertiary/aromatic N) is 2. The van der Waals surface area contributed by atoms with E-state index in [4.69, 9.17) is 4.74 Å². The maximum atomic E-state index is 12.7. The molecule has 24 heavy (non-hydrogen) atoms. The molecule has 0 atom stereocenters. The zero-order valence-corrected chi connectivity index (χ0v) is 15.3. The van der Waals surface area contributed by atoms with Gasteiger partial charge in [-0.2, -0.15) is 0 Å². The highest BCUT2D eigenvalue weighted by Gasteiger charge is 2.32. The maximum absolute atomic E-state index is 12.7. The molecular formula is C20H30N2O2. The number of unbranched alkanes of at least 4 members (excludes halogenated alkanes) is 1. The Hall–Kier alpha value is -1.81. The van der Waals surface area contributed by atoms with Crippen molar-refractivity contribution in [2.75, 3.05) is 39.3 Å². The van der Waals surface area contributed by atoms with Crippen LogP contribution in [0.25, 0.3) is 5.57 Å². The van der Waals surface area contributed by atoms with E-state index in [1.165, 1.54) is 0 Å². The van der Waals surface area contributed by atoms with Crippen molar-refractivity contribution in [1.29, 1.82) is 0 Å². The van der Waals surface area contributed by atoms with Crippen molar-refractivity contribution in [1.82, 2.24) is 9.80 Å². The topological polar surface area (TPSA) is 32.8 Å². The minimum atomic E-state index is 0.0434. The SMILES string of the molecule is CCCCN1CC(c2ccccc2)=C(OCCN(CC)CC)C1=O. The molecule has 2 rings (SSSR count). The molecule has 0 N–H and O–H groups in total. The number of amides is 1. The summed E-state index contributed by atoms with van der Waals surface area (Å²) in [5.74, 6) is 0.589. The van der Waals surface area contributed by atoms with E-state index in [2.05, 4.69) is 37.8 Å². The molecule has 0 spiro atoms. The molecular weight excluding hydrogens is 300 g/mol. The second-order valence-electron chi connectivity index (χ2n) is 6.13. The molecule has 0 saturated heterocycles. The zero-order valence-electron chi connectivity index (χ0n) is 15.3. The van der Waals surface area contributed by atoms with Crippen molar-refractivity contribution in [3.63, 3.8) is 0 Å². The Bertz CT molecular complexity index is 550. The highest BCUT2D eigenvalue weighted by molar-refractivity contribution is 6.04. The summed E-state index contributed by atoms with van der Waals surface area (Å²) in [4.78, 5) is 17.0. The van der Waals surface area contributed by atoms with E-state index < -0.39 is 0 Å². The van der Waals surface area contributed by atoms with E-state index in [-0.39, 0.29) is 5.91 Å². The molecule has 0 aliphatic carbocycles. The number of carbonyl (C=O) groups is 1. The molecule has 0 bridgehead atoms. The summed E-state index contributed by atoms with van der Waals surface area (Å²) in [6, 6.07) is 10.1. The number of benzene rings is 1. The molecule has 0 unspecified atom stereocenters. The molecule has 1 aliphatic rings. The summed E-state index contributed by atoms with van der Waals surface area (Å²) in [6.45, 7) is 11.3. The van der Waals surface area contributed by atoms with Gasteiger partial charge in [-0.05, 0) is 25.1 Å². The van der Waals surface area contributed by atoms with Crippen molar-refractivity contribution in [2.24, 2.45) is 0 Å². The van der Waals surface area contributed by atoms with Crippen LogP contribution in [0.15, 0.2) is 36.1 Å². The summed E-state index contributed by atoms with van der Waals surface area (Å²) in [6.07, 6.45) is 2.11. The van der Waals surface area contributed by atoms with Crippen LogP contribution in [0.3, 0.4) is 0 Å². The molecule has 1 aliphatic heterocycles. The molecule has 0 radical (unpaired) electrons. The van der Waals surface area contributed by atoms with Gasteiger partial charge in [-0.1, -0.05) is 57.5 Å². The Morgan fingerprint density at radius 3 is 2.46 bits per heavy atom. The number of rotatable bonds is 10. The highest BCUT2D eigenvalue weighted by Crippen LogP contribution is 2.28. The van der Waals surface area contributed by atoms with Crippen molar-refractivity contribution < 1.29 is 9.53 Å². The smallest absolute Gasteiger partial charge is 0.289 e. The molecule has 1 aromatic rings. The molecule has 1 aromatic carbocycles. The van der Waals surface area contributed by atoms with E-state index in [1.807, 2.05) is 23.1 Å². The standard InChI is InChI=1S/C20H30N2O2/c1-4-7-13-22-16-18(17-11-9-8-10-12-17)19(20(22)23)24-15-14-21(5-2)6-3/h8-12H,4-7,13-16H2,1-3H3. The first-order chi connectivity index (χ1) is 11.7. The lowest BCUT2D eigenvalue weighted by molar-refractivity contribution is -0.128. The first kappa shape index (κ1) is 18.5. The van der Waals surface area contributed by atoms with Crippen molar-refractivity contribution in [3.8, 4) is 0 Å². The van der Waals surface area contributed by atoms with Crippen LogP contribution >= 0.6 is 0 Å². The first-order valence-electron chi connectivity index (χ1n) is 9.14. The van der Waals surface area contributed by atoms with Crippen LogP contribution in [0.1, 0.15) is 39.2 Å². The van der Waals surface area contributed by atoms with E-state index in [9.17, 15) is 4.79 Å². The van der Waals surface area contributed by atoms with Gasteiger partial charge in [0.1, 0.15) is 6.61 Å². The minimum Gasteiger partial charge on any atom is -0.486 e. The van der Waals surface area contributed by atoms with Gasteiger partial charge in [0.15, 0.2) is 5.76 Å². The average molecular weight is 330 g/mol.